The second-order valence-electron chi connectivity index (χ2n) is 8.29. The Kier molecular flexibility index (Phi) is 7.61. The predicted octanol–water partition coefficient (Wildman–Crippen LogP) is 5.55. The average Bonchev–Trinajstić information content (AvgIpc) is 3.11. The number of amides is 2. The van der Waals surface area contributed by atoms with Crippen LogP contribution in [0.25, 0.3) is 0 Å². The van der Waals surface area contributed by atoms with Gasteiger partial charge in [0.2, 0.25) is 5.91 Å². The molecule has 0 unspecified atom stereocenters. The number of hydrogen-bond donors (Lipinski definition) is 0. The third kappa shape index (κ3) is 5.60. The van der Waals surface area contributed by atoms with E-state index in [4.69, 9.17) is 4.74 Å². The molecule has 2 amide bonds. The van der Waals surface area contributed by atoms with E-state index in [0.717, 1.165) is 24.0 Å². The van der Waals surface area contributed by atoms with E-state index >= 15 is 0 Å². The molecule has 164 valence electrons. The molecule has 0 radical (unpaired) electrons. The van der Waals surface area contributed by atoms with Crippen LogP contribution in [0.5, 0.6) is 0 Å². The van der Waals surface area contributed by atoms with E-state index in [1.807, 2.05) is 36.4 Å². The van der Waals surface area contributed by atoms with Crippen LogP contribution in [0.4, 0.5) is 9.18 Å². The Morgan fingerprint density at radius 3 is 2.55 bits per heavy atom. The number of unbranched alkanes of at least 4 members (excludes halogenated alkanes) is 1. The van der Waals surface area contributed by atoms with Gasteiger partial charge in [-0.15, -0.1) is 6.58 Å². The fourth-order valence-corrected chi connectivity index (χ4v) is 4.22. The molecule has 1 fully saturated rings. The molecule has 0 spiro atoms. The average molecular weight is 424 g/mol. The van der Waals surface area contributed by atoms with Crippen LogP contribution >= 0.6 is 0 Å². The van der Waals surface area contributed by atoms with Crippen LogP contribution < -0.4 is 0 Å². The number of carbonyl (C=O) groups is 2. The molecule has 2 aromatic rings. The molecule has 3 rings (SSSR count). The van der Waals surface area contributed by atoms with Gasteiger partial charge in [-0.1, -0.05) is 48.5 Å². The molecule has 4 nitrogen and oxygen atoms in total. The lowest BCUT2D eigenvalue weighted by Gasteiger charge is -2.25. The summed E-state index contributed by atoms with van der Waals surface area (Å²) in [4.78, 5) is 27.3. The molecule has 2 aromatic carbocycles. The van der Waals surface area contributed by atoms with Crippen molar-refractivity contribution in [3.05, 3.63) is 83.2 Å². The van der Waals surface area contributed by atoms with Gasteiger partial charge >= 0.3 is 6.09 Å². The Morgan fingerprint density at radius 1 is 1.23 bits per heavy atom. The summed E-state index contributed by atoms with van der Waals surface area (Å²) in [5.41, 5.74) is 3.08. The molecule has 31 heavy (non-hydrogen) atoms. The Bertz CT molecular complexity index is 918. The quantitative estimate of drug-likeness (QED) is 0.393. The highest BCUT2D eigenvalue weighted by Crippen LogP contribution is 2.26. The number of benzene rings is 2. The number of halogens is 1. The minimum absolute atomic E-state index is 0.202. The lowest BCUT2D eigenvalue weighted by atomic mass is 9.90. The zero-order chi connectivity index (χ0) is 22.4. The van der Waals surface area contributed by atoms with Gasteiger partial charge in [-0.05, 0) is 68.2 Å². The van der Waals surface area contributed by atoms with E-state index in [1.165, 1.54) is 4.90 Å². The molecule has 1 heterocycles. The molecule has 0 saturated carbocycles. The summed E-state index contributed by atoms with van der Waals surface area (Å²) in [5.74, 6) is -0.815. The summed E-state index contributed by atoms with van der Waals surface area (Å²) in [6, 6.07) is 13.0. The number of rotatable bonds is 9. The molecule has 1 saturated heterocycles. The molecular formula is C26H30FNO3. The summed E-state index contributed by atoms with van der Waals surface area (Å²) < 4.78 is 19.3. The van der Waals surface area contributed by atoms with Gasteiger partial charge in [0, 0.05) is 5.92 Å². The third-order valence-corrected chi connectivity index (χ3v) is 5.80. The van der Waals surface area contributed by atoms with Crippen LogP contribution in [0.3, 0.4) is 0 Å². The minimum atomic E-state index is -0.578. The van der Waals surface area contributed by atoms with E-state index in [-0.39, 0.29) is 30.3 Å². The van der Waals surface area contributed by atoms with Crippen LogP contribution in [0, 0.1) is 25.6 Å². The molecule has 0 bridgehead atoms. The fraction of sp³-hybridized carbons (Fsp3) is 0.385. The van der Waals surface area contributed by atoms with Gasteiger partial charge in [0.1, 0.15) is 12.4 Å². The monoisotopic (exact) mass is 423 g/mol. The van der Waals surface area contributed by atoms with E-state index < -0.39 is 6.09 Å². The van der Waals surface area contributed by atoms with E-state index in [9.17, 15) is 14.0 Å². The third-order valence-electron chi connectivity index (χ3n) is 5.80. The maximum atomic E-state index is 14.1. The van der Waals surface area contributed by atoms with Gasteiger partial charge in [-0.3, -0.25) is 4.79 Å². The van der Waals surface area contributed by atoms with Crippen LogP contribution in [0.15, 0.2) is 55.1 Å². The SMILES string of the molecule is C=CCCC[C@@H](Cc1cc(C)c(F)c(C)c1)C(=O)N1C(=O)OC[C@H]1Cc1ccccc1. The van der Waals surface area contributed by atoms with E-state index in [2.05, 4.69) is 6.58 Å². The second-order valence-corrected chi connectivity index (χ2v) is 8.29. The number of imide groups is 1. The smallest absolute Gasteiger partial charge is 0.416 e. The van der Waals surface area contributed by atoms with Crippen molar-refractivity contribution in [2.24, 2.45) is 5.92 Å². The van der Waals surface area contributed by atoms with Gasteiger partial charge < -0.3 is 4.74 Å². The van der Waals surface area contributed by atoms with Gasteiger partial charge in [-0.2, -0.15) is 0 Å². The van der Waals surface area contributed by atoms with Crippen molar-refractivity contribution in [3.8, 4) is 0 Å². The number of cyclic esters (lactones) is 1. The first-order chi connectivity index (χ1) is 14.9. The summed E-state index contributed by atoms with van der Waals surface area (Å²) in [7, 11) is 0. The van der Waals surface area contributed by atoms with E-state index in [1.54, 1.807) is 26.0 Å². The summed E-state index contributed by atoms with van der Waals surface area (Å²) in [6.45, 7) is 7.42. The zero-order valence-corrected chi connectivity index (χ0v) is 18.3. The van der Waals surface area contributed by atoms with Gasteiger partial charge in [0.05, 0.1) is 6.04 Å². The lowest BCUT2D eigenvalue weighted by molar-refractivity contribution is -0.133. The van der Waals surface area contributed by atoms with Crippen LogP contribution in [0.2, 0.25) is 0 Å². The minimum Gasteiger partial charge on any atom is -0.447 e. The lowest BCUT2D eigenvalue weighted by Crippen LogP contribution is -2.44. The summed E-state index contributed by atoms with van der Waals surface area (Å²) in [5, 5.41) is 0. The number of nitrogens with zero attached hydrogens (tertiary/aromatic N) is 1. The highest BCUT2D eigenvalue weighted by atomic mass is 19.1. The number of ether oxygens (including phenoxy) is 1. The Balaban J connectivity index is 1.82. The second kappa shape index (κ2) is 10.4. The standard InChI is InChI=1S/C26H30FNO3/c1-4-5-7-12-22(15-21-13-18(2)24(27)19(3)14-21)25(29)28-23(17-31-26(28)30)16-20-10-8-6-9-11-20/h4,6,8-11,13-14,22-23H,1,5,7,12,15-17H2,2-3H3/t22-,23+/m0/s1. The maximum Gasteiger partial charge on any atom is 0.416 e. The summed E-state index contributed by atoms with van der Waals surface area (Å²) in [6.07, 6.45) is 4.49. The van der Waals surface area contributed by atoms with Crippen molar-refractivity contribution in [1.82, 2.24) is 4.90 Å². The highest BCUT2D eigenvalue weighted by molar-refractivity contribution is 5.95. The Hall–Kier alpha value is -2.95. The molecule has 0 aliphatic carbocycles. The van der Waals surface area contributed by atoms with Crippen molar-refractivity contribution in [2.45, 2.75) is 52.0 Å². The molecular weight excluding hydrogens is 393 g/mol. The number of allylic oxidation sites excluding steroid dienone is 1. The fourth-order valence-electron chi connectivity index (χ4n) is 4.22. The van der Waals surface area contributed by atoms with Crippen LogP contribution in [-0.2, 0) is 22.4 Å². The first-order valence-corrected chi connectivity index (χ1v) is 10.8. The van der Waals surface area contributed by atoms with Crippen LogP contribution in [-0.4, -0.2) is 29.5 Å². The zero-order valence-electron chi connectivity index (χ0n) is 18.3. The topological polar surface area (TPSA) is 46.6 Å². The number of carbonyl (C=O) groups excluding carboxylic acids is 2. The van der Waals surface area contributed by atoms with Crippen LogP contribution in [0.1, 0.15) is 41.5 Å². The van der Waals surface area contributed by atoms with Gasteiger partial charge in [0.25, 0.3) is 0 Å². The Morgan fingerprint density at radius 2 is 1.90 bits per heavy atom. The highest BCUT2D eigenvalue weighted by Gasteiger charge is 2.40. The largest absolute Gasteiger partial charge is 0.447 e. The van der Waals surface area contributed by atoms with Gasteiger partial charge in [0.15, 0.2) is 0 Å². The predicted molar refractivity (Wildman–Crippen MR) is 119 cm³/mol. The first kappa shape index (κ1) is 22.7. The molecule has 0 N–H and O–H groups in total. The normalized spacial score (nSPS) is 16.8. The molecule has 0 aromatic heterocycles. The first-order valence-electron chi connectivity index (χ1n) is 10.8. The van der Waals surface area contributed by atoms with E-state index in [0.29, 0.717) is 30.4 Å². The molecule has 2 atom stereocenters. The van der Waals surface area contributed by atoms with Crippen molar-refractivity contribution in [3.63, 3.8) is 0 Å². The number of hydrogen-bond acceptors (Lipinski definition) is 3. The summed E-state index contributed by atoms with van der Waals surface area (Å²) >= 11 is 0. The maximum absolute atomic E-state index is 14.1. The van der Waals surface area contributed by atoms with Crippen molar-refractivity contribution in [2.75, 3.05) is 6.61 Å². The molecule has 1 aliphatic rings. The molecule has 5 heteroatoms. The Labute approximate surface area is 183 Å². The van der Waals surface area contributed by atoms with Crippen molar-refractivity contribution < 1.29 is 18.7 Å². The molecule has 1 aliphatic heterocycles. The van der Waals surface area contributed by atoms with Crippen molar-refractivity contribution in [1.29, 1.82) is 0 Å². The number of aryl methyl sites for hydroxylation is 2. The van der Waals surface area contributed by atoms with Crippen molar-refractivity contribution >= 4 is 12.0 Å². The van der Waals surface area contributed by atoms with Gasteiger partial charge in [-0.25, -0.2) is 14.1 Å².